The minimum atomic E-state index is -0.284. The van der Waals surface area contributed by atoms with Gasteiger partial charge in [-0.15, -0.1) is 16.4 Å². The number of rotatable bonds is 4. The molecule has 1 heterocycles. The predicted molar refractivity (Wildman–Crippen MR) is 98.7 cm³/mol. The van der Waals surface area contributed by atoms with Crippen molar-refractivity contribution in [1.82, 2.24) is 0 Å². The van der Waals surface area contributed by atoms with Gasteiger partial charge in [-0.1, -0.05) is 42.1 Å². The Morgan fingerprint density at radius 1 is 1.22 bits per heavy atom. The molecule has 23 heavy (non-hydrogen) atoms. The van der Waals surface area contributed by atoms with Crippen molar-refractivity contribution >= 4 is 44.6 Å². The minimum absolute atomic E-state index is 0.284. The third kappa shape index (κ3) is 4.18. The van der Waals surface area contributed by atoms with E-state index in [0.717, 1.165) is 15.8 Å². The summed E-state index contributed by atoms with van der Waals surface area (Å²) in [6.07, 6.45) is 1.54. The third-order valence-electron chi connectivity index (χ3n) is 3.13. The van der Waals surface area contributed by atoms with E-state index in [9.17, 15) is 4.39 Å². The van der Waals surface area contributed by atoms with Crippen LogP contribution in [0.15, 0.2) is 64.1 Å². The molecule has 116 valence electrons. The lowest BCUT2D eigenvalue weighted by molar-refractivity contribution is 0.629. The van der Waals surface area contributed by atoms with Gasteiger partial charge in [0.15, 0.2) is 5.17 Å². The highest BCUT2D eigenvalue weighted by atomic mass is 32.2. The number of nitrogens with zero attached hydrogens (tertiary/aromatic N) is 2. The number of fused-ring (bicyclic) bond motifs is 1. The summed E-state index contributed by atoms with van der Waals surface area (Å²) in [6, 6.07) is 14.8. The first-order valence-electron chi connectivity index (χ1n) is 6.92. The van der Waals surface area contributed by atoms with Gasteiger partial charge in [-0.05, 0) is 34.5 Å². The Hall–Kier alpha value is -2.18. The normalized spacial score (nSPS) is 12.3. The smallest absolute Gasteiger partial charge is 0.180 e. The van der Waals surface area contributed by atoms with E-state index in [2.05, 4.69) is 10.2 Å². The van der Waals surface area contributed by atoms with Crippen LogP contribution >= 0.6 is 23.1 Å². The molecule has 0 aliphatic rings. The van der Waals surface area contributed by atoms with Gasteiger partial charge in [0.25, 0.3) is 0 Å². The lowest BCUT2D eigenvalue weighted by atomic mass is 10.2. The molecule has 0 atom stereocenters. The molecule has 6 heteroatoms. The van der Waals surface area contributed by atoms with Crippen LogP contribution in [0.2, 0.25) is 0 Å². The summed E-state index contributed by atoms with van der Waals surface area (Å²) in [5.41, 5.74) is 7.72. The van der Waals surface area contributed by atoms with Gasteiger partial charge in [0.2, 0.25) is 0 Å². The molecule has 0 amide bonds. The van der Waals surface area contributed by atoms with Crippen molar-refractivity contribution < 1.29 is 4.39 Å². The first kappa shape index (κ1) is 15.7. The largest absolute Gasteiger partial charge is 0.377 e. The lowest BCUT2D eigenvalue weighted by Gasteiger charge is -1.99. The average Bonchev–Trinajstić information content (AvgIpc) is 3.02. The van der Waals surface area contributed by atoms with E-state index in [0.29, 0.717) is 10.7 Å². The van der Waals surface area contributed by atoms with Gasteiger partial charge in [0, 0.05) is 16.0 Å². The molecular weight excluding hydrogens is 329 g/mol. The van der Waals surface area contributed by atoms with Gasteiger partial charge in [-0.25, -0.2) is 4.39 Å². The minimum Gasteiger partial charge on any atom is -0.377 e. The quantitative estimate of drug-likeness (QED) is 0.427. The Balaban J connectivity index is 1.68. The van der Waals surface area contributed by atoms with Crippen LogP contribution < -0.4 is 5.73 Å². The molecule has 0 saturated carbocycles. The molecular formula is C17H14FN3S2. The van der Waals surface area contributed by atoms with Gasteiger partial charge in [0.1, 0.15) is 5.82 Å². The highest BCUT2D eigenvalue weighted by Crippen LogP contribution is 2.25. The Morgan fingerprint density at radius 3 is 2.87 bits per heavy atom. The molecule has 0 spiro atoms. The number of hydrogen-bond acceptors (Lipinski definition) is 4. The van der Waals surface area contributed by atoms with Gasteiger partial charge in [0.05, 0.1) is 6.21 Å². The second kappa shape index (κ2) is 7.39. The standard InChI is InChI=1S/C17H14FN3S2/c18-15-8-13-6-7-22-16(13)14(9-15)10-20-21-17(19)23-11-12-4-2-1-3-5-12/h1-10H,11H2,(H2,19,21). The molecule has 1 aromatic heterocycles. The van der Waals surface area contributed by atoms with Crippen molar-refractivity contribution in [2.45, 2.75) is 5.75 Å². The summed E-state index contributed by atoms with van der Waals surface area (Å²) in [7, 11) is 0. The second-order valence-corrected chi connectivity index (χ2v) is 6.70. The first-order chi connectivity index (χ1) is 11.2. The fourth-order valence-corrected chi connectivity index (χ4v) is 3.55. The Labute approximate surface area is 141 Å². The zero-order valence-electron chi connectivity index (χ0n) is 12.1. The second-order valence-electron chi connectivity index (χ2n) is 4.79. The molecule has 3 nitrogen and oxygen atoms in total. The molecule has 2 aromatic carbocycles. The van der Waals surface area contributed by atoms with Crippen molar-refractivity contribution in [3.63, 3.8) is 0 Å². The molecule has 0 aliphatic carbocycles. The van der Waals surface area contributed by atoms with Gasteiger partial charge < -0.3 is 5.73 Å². The predicted octanol–water partition coefficient (Wildman–Crippen LogP) is 4.62. The topological polar surface area (TPSA) is 50.7 Å². The number of benzene rings is 2. The summed E-state index contributed by atoms with van der Waals surface area (Å²) < 4.78 is 14.5. The summed E-state index contributed by atoms with van der Waals surface area (Å²) >= 11 is 2.96. The molecule has 0 radical (unpaired) electrons. The van der Waals surface area contributed by atoms with Crippen molar-refractivity contribution in [2.24, 2.45) is 15.9 Å². The number of amidine groups is 1. The van der Waals surface area contributed by atoms with E-state index < -0.39 is 0 Å². The highest BCUT2D eigenvalue weighted by Gasteiger charge is 2.03. The van der Waals surface area contributed by atoms with Crippen molar-refractivity contribution in [1.29, 1.82) is 0 Å². The van der Waals surface area contributed by atoms with Crippen LogP contribution in [-0.4, -0.2) is 11.4 Å². The number of nitrogens with two attached hydrogens (primary N) is 1. The summed E-state index contributed by atoms with van der Waals surface area (Å²) in [5.74, 6) is 0.452. The van der Waals surface area contributed by atoms with Crippen molar-refractivity contribution in [2.75, 3.05) is 0 Å². The maximum atomic E-state index is 13.5. The average molecular weight is 343 g/mol. The van der Waals surface area contributed by atoms with Gasteiger partial charge in [-0.3, -0.25) is 0 Å². The Bertz CT molecular complexity index is 857. The fraction of sp³-hybridized carbons (Fsp3) is 0.0588. The number of thiophene rings is 1. The summed E-state index contributed by atoms with van der Waals surface area (Å²) in [4.78, 5) is 0. The molecule has 2 N–H and O–H groups in total. The molecule has 0 bridgehead atoms. The fourth-order valence-electron chi connectivity index (χ4n) is 2.08. The molecule has 0 saturated heterocycles. The highest BCUT2D eigenvalue weighted by molar-refractivity contribution is 8.13. The Morgan fingerprint density at radius 2 is 2.04 bits per heavy atom. The van der Waals surface area contributed by atoms with Crippen molar-refractivity contribution in [3.8, 4) is 0 Å². The van der Waals surface area contributed by atoms with E-state index in [1.54, 1.807) is 11.3 Å². The van der Waals surface area contributed by atoms with Crippen LogP contribution in [-0.2, 0) is 5.75 Å². The number of hydrogen-bond donors (Lipinski definition) is 1. The zero-order valence-corrected chi connectivity index (χ0v) is 13.8. The summed E-state index contributed by atoms with van der Waals surface area (Å²) in [5, 5.41) is 11.1. The lowest BCUT2D eigenvalue weighted by Crippen LogP contribution is -2.06. The monoisotopic (exact) mass is 343 g/mol. The maximum Gasteiger partial charge on any atom is 0.180 e. The van der Waals surface area contributed by atoms with Crippen LogP contribution in [0.25, 0.3) is 10.1 Å². The van der Waals surface area contributed by atoms with Crippen LogP contribution in [0.1, 0.15) is 11.1 Å². The molecule has 0 unspecified atom stereocenters. The molecule has 3 aromatic rings. The van der Waals surface area contributed by atoms with Crippen LogP contribution in [0.4, 0.5) is 4.39 Å². The Kier molecular flexibility index (Phi) is 5.05. The van der Waals surface area contributed by atoms with Gasteiger partial charge in [-0.2, -0.15) is 5.10 Å². The van der Waals surface area contributed by atoms with E-state index >= 15 is 0 Å². The molecule has 3 rings (SSSR count). The van der Waals surface area contributed by atoms with E-state index in [-0.39, 0.29) is 5.82 Å². The SMILES string of the molecule is NC(=NN=Cc1cc(F)cc2ccsc12)SCc1ccccc1. The molecule has 0 aliphatic heterocycles. The number of thioether (sulfide) groups is 1. The first-order valence-corrected chi connectivity index (χ1v) is 8.79. The maximum absolute atomic E-state index is 13.5. The van der Waals surface area contributed by atoms with Crippen molar-refractivity contribution in [3.05, 3.63) is 70.9 Å². The third-order valence-corrected chi connectivity index (χ3v) is 4.96. The zero-order chi connectivity index (χ0) is 16.1. The van der Waals surface area contributed by atoms with E-state index in [1.807, 2.05) is 41.8 Å². The van der Waals surface area contributed by atoms with Crippen LogP contribution in [0.5, 0.6) is 0 Å². The summed E-state index contributed by atoms with van der Waals surface area (Å²) in [6.45, 7) is 0. The van der Waals surface area contributed by atoms with Crippen LogP contribution in [0.3, 0.4) is 0 Å². The molecule has 0 fully saturated rings. The van der Waals surface area contributed by atoms with E-state index in [4.69, 9.17) is 5.73 Å². The van der Waals surface area contributed by atoms with Gasteiger partial charge >= 0.3 is 0 Å². The van der Waals surface area contributed by atoms with E-state index in [1.165, 1.54) is 35.7 Å². The van der Waals surface area contributed by atoms with Crippen LogP contribution in [0, 0.1) is 5.82 Å². The number of halogens is 1.